The normalized spacial score (nSPS) is 28.7. The number of unbranched alkanes of at least 4 members (excludes halogenated alkanes) is 39. The number of aliphatic hydroxyl groups is 11. The molecule has 12 N–H and O–H groups in total. The van der Waals surface area contributed by atoms with Crippen molar-refractivity contribution in [1.29, 1.82) is 0 Å². The van der Waals surface area contributed by atoms with Gasteiger partial charge in [-0.15, -0.1) is 0 Å². The lowest BCUT2D eigenvalue weighted by molar-refractivity contribution is -0.379. The third kappa shape index (κ3) is 32.4. The quantitative estimate of drug-likeness (QED) is 0.0253. The Kier molecular flexibility index (Phi) is 46.3. The number of rotatable bonds is 55. The lowest BCUT2D eigenvalue weighted by Gasteiger charge is -2.48. The number of nitrogens with one attached hydrogen (secondary N) is 1. The lowest BCUT2D eigenvalue weighted by Crippen LogP contribution is -2.66. The summed E-state index contributed by atoms with van der Waals surface area (Å²) >= 11 is 0. The number of amides is 1. The maximum atomic E-state index is 13.4. The second kappa shape index (κ2) is 50.4. The lowest BCUT2D eigenvalue weighted by atomic mass is 9.96. The van der Waals surface area contributed by atoms with Gasteiger partial charge in [0.25, 0.3) is 0 Å². The van der Waals surface area contributed by atoms with Crippen molar-refractivity contribution in [3.05, 3.63) is 0 Å². The number of carbonyl (C=O) groups is 1. The molecule has 19 nitrogen and oxygen atoms in total. The Morgan fingerprint density at radius 1 is 0.372 bits per heavy atom. The van der Waals surface area contributed by atoms with Gasteiger partial charge in [0.15, 0.2) is 18.9 Å². The standard InChI is InChI=1S/C67H129NO18/c1-3-5-7-9-11-13-15-17-18-19-20-21-22-23-24-25-26-27-28-29-30-31-33-34-36-38-40-42-44-51(72)50(68-55(73)45-43-41-39-37-35-32-16-14-12-10-8-6-4-2)49-81-65-61(79)58(76)63(53(47-70)83-65)86-67-62(80)59(77)64(54(48-71)84-67)85-66-60(78)57(75)56(74)52(46-69)82-66/h50-54,56-67,69-72,74-80H,3-49H2,1-2H3,(H,68,73). The molecule has 3 fully saturated rings. The largest absolute Gasteiger partial charge is 0.394 e. The number of carbonyl (C=O) groups excluding carboxylic acids is 1. The third-order valence-corrected chi connectivity index (χ3v) is 18.2. The molecule has 0 aromatic heterocycles. The van der Waals surface area contributed by atoms with Crippen molar-refractivity contribution >= 4 is 5.91 Å². The summed E-state index contributed by atoms with van der Waals surface area (Å²) in [5.41, 5.74) is 0. The van der Waals surface area contributed by atoms with Gasteiger partial charge in [0.05, 0.1) is 38.6 Å². The van der Waals surface area contributed by atoms with E-state index < -0.39 is 124 Å². The molecule has 0 aliphatic carbocycles. The maximum Gasteiger partial charge on any atom is 0.220 e. The predicted molar refractivity (Wildman–Crippen MR) is 333 cm³/mol. The predicted octanol–water partition coefficient (Wildman–Crippen LogP) is 9.11. The summed E-state index contributed by atoms with van der Waals surface area (Å²) in [6, 6.07) is -0.881. The van der Waals surface area contributed by atoms with E-state index in [1.54, 1.807) is 0 Å². The highest BCUT2D eigenvalue weighted by molar-refractivity contribution is 5.76. The fraction of sp³-hybridized carbons (Fsp3) is 0.985. The minimum atomic E-state index is -1.97. The molecule has 3 rings (SSSR count). The van der Waals surface area contributed by atoms with Crippen LogP contribution in [-0.2, 0) is 33.2 Å². The number of hydrogen-bond acceptors (Lipinski definition) is 18. The average molecular weight is 1240 g/mol. The summed E-state index contributed by atoms with van der Waals surface area (Å²) in [6.07, 6.45) is 26.3. The summed E-state index contributed by atoms with van der Waals surface area (Å²) in [6.45, 7) is 1.83. The van der Waals surface area contributed by atoms with Gasteiger partial charge in [-0.3, -0.25) is 4.79 Å². The van der Waals surface area contributed by atoms with Crippen LogP contribution >= 0.6 is 0 Å². The summed E-state index contributed by atoms with van der Waals surface area (Å²) in [4.78, 5) is 13.4. The van der Waals surface area contributed by atoms with E-state index in [0.717, 1.165) is 44.9 Å². The van der Waals surface area contributed by atoms with Crippen molar-refractivity contribution in [2.24, 2.45) is 0 Å². The topological polar surface area (TPSA) is 307 Å². The summed E-state index contributed by atoms with van der Waals surface area (Å²) in [5.74, 6) is -0.238. The molecule has 0 aromatic carbocycles. The molecule has 0 spiro atoms. The first-order valence-corrected chi connectivity index (χ1v) is 35.3. The molecular formula is C67H129NO18. The highest BCUT2D eigenvalue weighted by Crippen LogP contribution is 2.33. The fourth-order valence-corrected chi connectivity index (χ4v) is 12.4. The van der Waals surface area contributed by atoms with Crippen molar-refractivity contribution in [1.82, 2.24) is 5.32 Å². The molecule has 86 heavy (non-hydrogen) atoms. The smallest absolute Gasteiger partial charge is 0.220 e. The Balaban J connectivity index is 1.39. The van der Waals surface area contributed by atoms with Gasteiger partial charge >= 0.3 is 0 Å². The van der Waals surface area contributed by atoms with Crippen LogP contribution in [0.5, 0.6) is 0 Å². The summed E-state index contributed by atoms with van der Waals surface area (Å²) in [7, 11) is 0. The average Bonchev–Trinajstić information content (AvgIpc) is 1.27. The van der Waals surface area contributed by atoms with Crippen LogP contribution in [0.3, 0.4) is 0 Å². The number of ether oxygens (including phenoxy) is 6. The third-order valence-electron chi connectivity index (χ3n) is 18.2. The first-order valence-electron chi connectivity index (χ1n) is 35.3. The van der Waals surface area contributed by atoms with Gasteiger partial charge in [-0.05, 0) is 12.8 Å². The summed E-state index contributed by atoms with van der Waals surface area (Å²) in [5, 5.41) is 121. The van der Waals surface area contributed by atoms with Crippen molar-refractivity contribution in [2.45, 2.75) is 394 Å². The molecule has 0 bridgehead atoms. The van der Waals surface area contributed by atoms with Gasteiger partial charge in [0, 0.05) is 6.42 Å². The van der Waals surface area contributed by atoms with E-state index in [0.29, 0.717) is 12.8 Å². The zero-order valence-corrected chi connectivity index (χ0v) is 53.8. The second-order valence-electron chi connectivity index (χ2n) is 25.7. The SMILES string of the molecule is CCCCCCCCCCCCCCCCCCCCCCCCCCCCCCC(O)C(COC1OC(CO)C(OC2OC(CO)C(OC3OC(CO)C(O)C(O)C3O)C(O)C2O)C(O)C1O)NC(=O)CCCCCCCCCCCCCCC. The van der Waals surface area contributed by atoms with E-state index in [4.69, 9.17) is 28.4 Å². The van der Waals surface area contributed by atoms with Gasteiger partial charge in [0.2, 0.25) is 5.91 Å². The second-order valence-corrected chi connectivity index (χ2v) is 25.7. The van der Waals surface area contributed by atoms with Gasteiger partial charge < -0.3 is 89.9 Å². The molecule has 3 heterocycles. The highest BCUT2D eigenvalue weighted by Gasteiger charge is 2.53. The Morgan fingerprint density at radius 3 is 1.01 bits per heavy atom. The molecule has 3 aliphatic heterocycles. The first-order chi connectivity index (χ1) is 41.8. The van der Waals surface area contributed by atoms with Gasteiger partial charge in [-0.2, -0.15) is 0 Å². The highest BCUT2D eigenvalue weighted by atomic mass is 16.8. The van der Waals surface area contributed by atoms with Crippen LogP contribution in [-0.4, -0.2) is 193 Å². The van der Waals surface area contributed by atoms with E-state index in [2.05, 4.69) is 19.2 Å². The zero-order chi connectivity index (χ0) is 62.6. The van der Waals surface area contributed by atoms with Crippen molar-refractivity contribution in [2.75, 3.05) is 26.4 Å². The van der Waals surface area contributed by atoms with Crippen LogP contribution in [0.15, 0.2) is 0 Å². The Bertz CT molecular complexity index is 1570. The summed E-state index contributed by atoms with van der Waals surface area (Å²) < 4.78 is 34.4. The van der Waals surface area contributed by atoms with Crippen LogP contribution in [0, 0.1) is 0 Å². The molecule has 0 saturated carbocycles. The minimum Gasteiger partial charge on any atom is -0.394 e. The Morgan fingerprint density at radius 2 is 0.663 bits per heavy atom. The molecule has 0 aromatic rings. The van der Waals surface area contributed by atoms with Crippen LogP contribution in [0.4, 0.5) is 0 Å². The molecule has 510 valence electrons. The monoisotopic (exact) mass is 1240 g/mol. The van der Waals surface area contributed by atoms with Crippen LogP contribution in [0.25, 0.3) is 0 Å². The molecule has 3 aliphatic rings. The van der Waals surface area contributed by atoms with Crippen LogP contribution in [0.1, 0.15) is 290 Å². The van der Waals surface area contributed by atoms with E-state index in [9.17, 15) is 61.0 Å². The molecule has 3 saturated heterocycles. The van der Waals surface area contributed by atoms with Crippen molar-refractivity contribution in [3.63, 3.8) is 0 Å². The Hall–Kier alpha value is -1.21. The van der Waals surface area contributed by atoms with E-state index in [-0.39, 0.29) is 18.9 Å². The zero-order valence-electron chi connectivity index (χ0n) is 53.8. The fourth-order valence-electron chi connectivity index (χ4n) is 12.4. The van der Waals surface area contributed by atoms with Crippen LogP contribution in [0.2, 0.25) is 0 Å². The maximum absolute atomic E-state index is 13.4. The molecule has 17 unspecified atom stereocenters. The molecule has 17 atom stereocenters. The molecule has 19 heteroatoms. The van der Waals surface area contributed by atoms with E-state index >= 15 is 0 Å². The van der Waals surface area contributed by atoms with Crippen molar-refractivity contribution < 1.29 is 89.4 Å². The number of aliphatic hydroxyl groups excluding tert-OH is 11. The van der Waals surface area contributed by atoms with Crippen molar-refractivity contribution in [3.8, 4) is 0 Å². The molecule has 1 amide bonds. The molecule has 0 radical (unpaired) electrons. The van der Waals surface area contributed by atoms with Crippen LogP contribution < -0.4 is 5.32 Å². The number of hydrogen-bond donors (Lipinski definition) is 12. The van der Waals surface area contributed by atoms with Gasteiger partial charge in [-0.25, -0.2) is 0 Å². The van der Waals surface area contributed by atoms with Gasteiger partial charge in [-0.1, -0.05) is 271 Å². The van der Waals surface area contributed by atoms with E-state index in [1.165, 1.54) is 212 Å². The van der Waals surface area contributed by atoms with E-state index in [1.807, 2.05) is 0 Å². The van der Waals surface area contributed by atoms with Gasteiger partial charge in [0.1, 0.15) is 73.2 Å². The first kappa shape index (κ1) is 79.0. The minimum absolute atomic E-state index is 0.238. The Labute approximate surface area is 519 Å². The molecular weight excluding hydrogens is 1110 g/mol.